The molecule has 1 aliphatic rings. The van der Waals surface area contributed by atoms with Gasteiger partial charge >= 0.3 is 5.97 Å². The van der Waals surface area contributed by atoms with E-state index >= 15 is 0 Å². The number of aromatic nitrogens is 2. The molecule has 2 aromatic carbocycles. The smallest absolute Gasteiger partial charge is 0.328 e. The summed E-state index contributed by atoms with van der Waals surface area (Å²) in [7, 11) is 1.41. The Morgan fingerprint density at radius 2 is 1.65 bits per heavy atom. The number of carbonyl (C=O) groups excluding carboxylic acids is 1. The number of para-hydroxylation sites is 1. The Labute approximate surface area is 206 Å². The fraction of sp³-hybridized carbons (Fsp3) is 0.423. The van der Waals surface area contributed by atoms with Crippen LogP contribution in [0, 0.1) is 5.92 Å². The molecule has 180 valence electrons. The van der Waals surface area contributed by atoms with Crippen LogP contribution in [0.5, 0.6) is 0 Å². The van der Waals surface area contributed by atoms with Crippen molar-refractivity contribution in [2.75, 3.05) is 38.6 Å². The molecule has 0 bridgehead atoms. The van der Waals surface area contributed by atoms with E-state index in [0.717, 1.165) is 54.5 Å². The van der Waals surface area contributed by atoms with E-state index in [1.54, 1.807) is 0 Å². The fourth-order valence-corrected chi connectivity index (χ4v) is 4.36. The predicted octanol–water partition coefficient (Wildman–Crippen LogP) is 4.21. The summed E-state index contributed by atoms with van der Waals surface area (Å²) in [6.07, 6.45) is 0. The van der Waals surface area contributed by atoms with Gasteiger partial charge in [-0.15, -0.1) is 0 Å². The van der Waals surface area contributed by atoms with Gasteiger partial charge in [0.25, 0.3) is 0 Å². The number of benzene rings is 2. The Balaban J connectivity index is 1.45. The molecule has 4 rings (SSSR count). The van der Waals surface area contributed by atoms with Crippen LogP contribution in [0.4, 0.5) is 5.82 Å². The first-order chi connectivity index (χ1) is 16.4. The third kappa shape index (κ3) is 6.03. The maximum absolute atomic E-state index is 12.3. The maximum Gasteiger partial charge on any atom is 0.328 e. The van der Waals surface area contributed by atoms with Crippen molar-refractivity contribution in [3.05, 3.63) is 64.9 Å². The van der Waals surface area contributed by atoms with Crippen molar-refractivity contribution >= 4 is 34.3 Å². The lowest BCUT2D eigenvalue weighted by atomic mass is 10.0. The van der Waals surface area contributed by atoms with Gasteiger partial charge in [0.15, 0.2) is 0 Å². The number of halogens is 1. The number of ether oxygens (including phenoxy) is 1. The van der Waals surface area contributed by atoms with Gasteiger partial charge in [-0.25, -0.2) is 14.8 Å². The van der Waals surface area contributed by atoms with E-state index in [0.29, 0.717) is 12.4 Å². The molecule has 1 aromatic heterocycles. The molecule has 1 fully saturated rings. The minimum absolute atomic E-state index is 0.0540. The van der Waals surface area contributed by atoms with Gasteiger partial charge in [0.2, 0.25) is 0 Å². The second-order valence-electron chi connectivity index (χ2n) is 9.07. The van der Waals surface area contributed by atoms with Crippen LogP contribution in [0.1, 0.15) is 25.2 Å². The van der Waals surface area contributed by atoms with Crippen molar-refractivity contribution in [2.24, 2.45) is 5.92 Å². The van der Waals surface area contributed by atoms with E-state index in [1.807, 2.05) is 50.2 Å². The lowest BCUT2D eigenvalue weighted by Crippen LogP contribution is -2.45. The number of piperazine rings is 1. The number of hydrogen-bond acceptors (Lipinski definition) is 7. The van der Waals surface area contributed by atoms with Crippen LogP contribution in [0.25, 0.3) is 10.9 Å². The monoisotopic (exact) mass is 481 g/mol. The summed E-state index contributed by atoms with van der Waals surface area (Å²) in [6.45, 7) is 9.43. The largest absolute Gasteiger partial charge is 0.467 e. The lowest BCUT2D eigenvalue weighted by molar-refractivity contribution is -0.142. The topological polar surface area (TPSA) is 70.6 Å². The molecular weight excluding hydrogens is 450 g/mol. The fourth-order valence-electron chi connectivity index (χ4n) is 4.23. The molecule has 7 nitrogen and oxygen atoms in total. The van der Waals surface area contributed by atoms with Crippen molar-refractivity contribution in [1.29, 1.82) is 0 Å². The molecular formula is C26H32ClN5O2. The van der Waals surface area contributed by atoms with E-state index < -0.39 is 6.04 Å². The Kier molecular flexibility index (Phi) is 7.98. The minimum atomic E-state index is -0.479. The van der Waals surface area contributed by atoms with E-state index in [1.165, 1.54) is 12.7 Å². The number of fused-ring (bicyclic) bond motifs is 1. The molecule has 1 atom stereocenters. The maximum atomic E-state index is 12.3. The van der Waals surface area contributed by atoms with Gasteiger partial charge in [-0.1, -0.05) is 49.7 Å². The number of carbonyl (C=O) groups is 1. The van der Waals surface area contributed by atoms with Crippen LogP contribution < -0.4 is 5.32 Å². The zero-order chi connectivity index (χ0) is 24.1. The van der Waals surface area contributed by atoms with Gasteiger partial charge < -0.3 is 10.1 Å². The SMILES string of the molecule is COC(=O)[C@@H](Nc1nc(CN2CCN(Cc3ccc(Cl)cc3)CC2)nc2ccccc12)C(C)C. The number of anilines is 1. The first kappa shape index (κ1) is 24.4. The molecule has 0 unspecified atom stereocenters. The van der Waals surface area contributed by atoms with Crippen molar-refractivity contribution < 1.29 is 9.53 Å². The summed E-state index contributed by atoms with van der Waals surface area (Å²) in [5, 5.41) is 4.99. The zero-order valence-electron chi connectivity index (χ0n) is 20.0. The molecule has 0 amide bonds. The summed E-state index contributed by atoms with van der Waals surface area (Å²) < 4.78 is 5.00. The summed E-state index contributed by atoms with van der Waals surface area (Å²) in [5.41, 5.74) is 2.14. The third-order valence-corrected chi connectivity index (χ3v) is 6.46. The van der Waals surface area contributed by atoms with Crippen molar-refractivity contribution in [1.82, 2.24) is 19.8 Å². The van der Waals surface area contributed by atoms with Crippen LogP contribution in [-0.2, 0) is 22.6 Å². The second kappa shape index (κ2) is 11.1. The average molecular weight is 482 g/mol. The number of nitrogens with zero attached hydrogens (tertiary/aromatic N) is 4. The first-order valence-corrected chi connectivity index (χ1v) is 12.1. The normalized spacial score (nSPS) is 16.0. The van der Waals surface area contributed by atoms with Gasteiger partial charge in [0, 0.05) is 43.1 Å². The van der Waals surface area contributed by atoms with Crippen molar-refractivity contribution in [2.45, 2.75) is 33.0 Å². The lowest BCUT2D eigenvalue weighted by Gasteiger charge is -2.34. The molecule has 3 aromatic rings. The molecule has 1 aliphatic heterocycles. The average Bonchev–Trinajstić information content (AvgIpc) is 2.84. The Bertz CT molecular complexity index is 1110. The van der Waals surface area contributed by atoms with Gasteiger partial charge in [-0.05, 0) is 35.7 Å². The molecule has 0 spiro atoms. The molecule has 0 aliphatic carbocycles. The molecule has 1 saturated heterocycles. The summed E-state index contributed by atoms with van der Waals surface area (Å²) in [6, 6.07) is 15.5. The van der Waals surface area contributed by atoms with Crippen LogP contribution in [-0.4, -0.2) is 65.1 Å². The van der Waals surface area contributed by atoms with Crippen LogP contribution in [0.2, 0.25) is 5.02 Å². The molecule has 1 N–H and O–H groups in total. The Morgan fingerprint density at radius 1 is 1.00 bits per heavy atom. The Hall–Kier alpha value is -2.74. The van der Waals surface area contributed by atoms with Crippen molar-refractivity contribution in [3.63, 3.8) is 0 Å². The minimum Gasteiger partial charge on any atom is -0.467 e. The van der Waals surface area contributed by atoms with Gasteiger partial charge in [-0.3, -0.25) is 9.80 Å². The standard InChI is InChI=1S/C26H32ClN5O2/c1-18(2)24(26(33)34-3)30-25-21-6-4-5-7-22(21)28-23(29-25)17-32-14-12-31(13-15-32)16-19-8-10-20(27)11-9-19/h4-11,18,24H,12-17H2,1-3H3,(H,28,29,30)/t24-/m0/s1. The number of esters is 1. The van der Waals surface area contributed by atoms with Crippen LogP contribution in [0.15, 0.2) is 48.5 Å². The highest BCUT2D eigenvalue weighted by atomic mass is 35.5. The summed E-state index contributed by atoms with van der Waals surface area (Å²) in [5.74, 6) is 1.18. The number of hydrogen-bond donors (Lipinski definition) is 1. The highest BCUT2D eigenvalue weighted by Crippen LogP contribution is 2.23. The number of nitrogens with one attached hydrogen (secondary N) is 1. The predicted molar refractivity (Wildman–Crippen MR) is 136 cm³/mol. The summed E-state index contributed by atoms with van der Waals surface area (Å²) >= 11 is 6.00. The highest BCUT2D eigenvalue weighted by Gasteiger charge is 2.25. The first-order valence-electron chi connectivity index (χ1n) is 11.7. The third-order valence-electron chi connectivity index (χ3n) is 6.21. The van der Waals surface area contributed by atoms with Crippen LogP contribution >= 0.6 is 11.6 Å². The van der Waals surface area contributed by atoms with E-state index in [4.69, 9.17) is 26.3 Å². The van der Waals surface area contributed by atoms with Crippen molar-refractivity contribution in [3.8, 4) is 0 Å². The molecule has 0 radical (unpaired) electrons. The van der Waals surface area contributed by atoms with Gasteiger partial charge in [0.05, 0.1) is 19.2 Å². The van der Waals surface area contributed by atoms with E-state index in [9.17, 15) is 4.79 Å². The van der Waals surface area contributed by atoms with E-state index in [-0.39, 0.29) is 11.9 Å². The zero-order valence-corrected chi connectivity index (χ0v) is 20.8. The van der Waals surface area contributed by atoms with Crippen LogP contribution in [0.3, 0.4) is 0 Å². The number of rotatable bonds is 8. The quantitative estimate of drug-likeness (QED) is 0.483. The van der Waals surface area contributed by atoms with Gasteiger partial charge in [0.1, 0.15) is 17.7 Å². The molecule has 34 heavy (non-hydrogen) atoms. The molecule has 2 heterocycles. The molecule has 0 saturated carbocycles. The highest BCUT2D eigenvalue weighted by molar-refractivity contribution is 6.30. The van der Waals surface area contributed by atoms with E-state index in [2.05, 4.69) is 27.2 Å². The number of methoxy groups -OCH3 is 1. The second-order valence-corrected chi connectivity index (χ2v) is 9.51. The Morgan fingerprint density at radius 3 is 2.29 bits per heavy atom. The summed E-state index contributed by atoms with van der Waals surface area (Å²) in [4.78, 5) is 26.8. The molecule has 8 heteroatoms. The van der Waals surface area contributed by atoms with Gasteiger partial charge in [-0.2, -0.15) is 0 Å².